The van der Waals surface area contributed by atoms with E-state index in [1.807, 2.05) is 31.2 Å². The van der Waals surface area contributed by atoms with Crippen LogP contribution >= 0.6 is 0 Å². The van der Waals surface area contributed by atoms with Crippen LogP contribution in [0.15, 0.2) is 24.3 Å². The van der Waals surface area contributed by atoms with Gasteiger partial charge in [-0.2, -0.15) is 0 Å². The summed E-state index contributed by atoms with van der Waals surface area (Å²) in [6.07, 6.45) is 0.875. The van der Waals surface area contributed by atoms with Gasteiger partial charge in [-0.15, -0.1) is 0 Å². The molecule has 2 rings (SSSR count). The van der Waals surface area contributed by atoms with Crippen molar-refractivity contribution >= 4 is 6.03 Å². The number of carbonyl (C=O) groups excluding carboxylic acids is 1. The predicted molar refractivity (Wildman–Crippen MR) is 90.5 cm³/mol. The van der Waals surface area contributed by atoms with Gasteiger partial charge in [0.05, 0.1) is 12.6 Å². The summed E-state index contributed by atoms with van der Waals surface area (Å²) in [5.74, 6) is 1.57. The fourth-order valence-corrected chi connectivity index (χ4v) is 2.64. The molecule has 5 heteroatoms. The SMILES string of the molecule is CC(C)COc1ccc(C(C)NC(=O)N2CCC(CO)C2)cc1. The Bertz CT molecular complexity index is 501. The first-order chi connectivity index (χ1) is 11.0. The molecule has 1 aliphatic rings. The van der Waals surface area contributed by atoms with Crippen LogP contribution in [-0.2, 0) is 0 Å². The Morgan fingerprint density at radius 1 is 1.35 bits per heavy atom. The number of amides is 2. The molecule has 5 nitrogen and oxygen atoms in total. The van der Waals surface area contributed by atoms with Crippen LogP contribution in [0.2, 0.25) is 0 Å². The van der Waals surface area contributed by atoms with Crippen molar-refractivity contribution in [3.05, 3.63) is 29.8 Å². The molecule has 128 valence electrons. The Balaban J connectivity index is 1.85. The maximum absolute atomic E-state index is 12.2. The van der Waals surface area contributed by atoms with E-state index in [-0.39, 0.29) is 24.6 Å². The van der Waals surface area contributed by atoms with Crippen LogP contribution < -0.4 is 10.1 Å². The molecular formula is C18H28N2O3. The number of ether oxygens (including phenoxy) is 1. The first-order valence-corrected chi connectivity index (χ1v) is 8.38. The fourth-order valence-electron chi connectivity index (χ4n) is 2.64. The largest absolute Gasteiger partial charge is 0.493 e. The molecule has 2 amide bonds. The molecule has 1 aromatic rings. The summed E-state index contributed by atoms with van der Waals surface area (Å²) in [6.45, 7) is 8.41. The average Bonchev–Trinajstić information content (AvgIpc) is 3.02. The Kier molecular flexibility index (Phi) is 6.28. The summed E-state index contributed by atoms with van der Waals surface area (Å²) in [5, 5.41) is 12.2. The minimum atomic E-state index is -0.0615. The highest BCUT2D eigenvalue weighted by atomic mass is 16.5. The van der Waals surface area contributed by atoms with Crippen molar-refractivity contribution in [2.45, 2.75) is 33.2 Å². The number of hydrogen-bond donors (Lipinski definition) is 2. The molecule has 2 atom stereocenters. The summed E-state index contributed by atoms with van der Waals surface area (Å²) < 4.78 is 5.67. The maximum Gasteiger partial charge on any atom is 0.317 e. The second kappa shape index (κ2) is 8.20. The maximum atomic E-state index is 12.2. The van der Waals surface area contributed by atoms with Crippen molar-refractivity contribution in [3.63, 3.8) is 0 Å². The molecule has 0 aromatic heterocycles. The predicted octanol–water partition coefficient (Wildman–Crippen LogP) is 2.81. The minimum Gasteiger partial charge on any atom is -0.493 e. The molecule has 0 saturated carbocycles. The highest BCUT2D eigenvalue weighted by Gasteiger charge is 2.26. The van der Waals surface area contributed by atoms with Gasteiger partial charge in [-0.3, -0.25) is 0 Å². The Hall–Kier alpha value is -1.75. The van der Waals surface area contributed by atoms with Gasteiger partial charge >= 0.3 is 6.03 Å². The highest BCUT2D eigenvalue weighted by Crippen LogP contribution is 2.20. The quantitative estimate of drug-likeness (QED) is 0.847. The number of hydrogen-bond acceptors (Lipinski definition) is 3. The molecule has 0 spiro atoms. The zero-order valence-electron chi connectivity index (χ0n) is 14.3. The number of aliphatic hydroxyl groups excluding tert-OH is 1. The van der Waals surface area contributed by atoms with E-state index in [4.69, 9.17) is 9.84 Å². The Labute approximate surface area is 138 Å². The number of aliphatic hydroxyl groups is 1. The number of likely N-dealkylation sites (tertiary alicyclic amines) is 1. The van der Waals surface area contributed by atoms with E-state index in [1.165, 1.54) is 0 Å². The summed E-state index contributed by atoms with van der Waals surface area (Å²) in [6, 6.07) is 7.74. The smallest absolute Gasteiger partial charge is 0.317 e. The van der Waals surface area contributed by atoms with Crippen LogP contribution in [0.3, 0.4) is 0 Å². The van der Waals surface area contributed by atoms with E-state index in [0.29, 0.717) is 25.6 Å². The van der Waals surface area contributed by atoms with E-state index in [2.05, 4.69) is 19.2 Å². The molecule has 2 unspecified atom stereocenters. The molecular weight excluding hydrogens is 292 g/mol. The third-order valence-corrected chi connectivity index (χ3v) is 4.13. The fraction of sp³-hybridized carbons (Fsp3) is 0.611. The van der Waals surface area contributed by atoms with Crippen LogP contribution in [0.25, 0.3) is 0 Å². The molecule has 1 fully saturated rings. The summed E-state index contributed by atoms with van der Waals surface area (Å²) in [4.78, 5) is 14.0. The average molecular weight is 320 g/mol. The van der Waals surface area contributed by atoms with Crippen LogP contribution in [0, 0.1) is 11.8 Å². The topological polar surface area (TPSA) is 61.8 Å². The molecule has 0 bridgehead atoms. The van der Waals surface area contributed by atoms with Gasteiger partial charge in [0, 0.05) is 25.6 Å². The summed E-state index contributed by atoms with van der Waals surface area (Å²) >= 11 is 0. The van der Waals surface area contributed by atoms with Crippen molar-refractivity contribution in [1.29, 1.82) is 0 Å². The third-order valence-electron chi connectivity index (χ3n) is 4.13. The molecule has 23 heavy (non-hydrogen) atoms. The molecule has 1 saturated heterocycles. The van der Waals surface area contributed by atoms with Crippen molar-refractivity contribution < 1.29 is 14.6 Å². The van der Waals surface area contributed by atoms with Gasteiger partial charge in [0.1, 0.15) is 5.75 Å². The molecule has 1 aliphatic heterocycles. The number of nitrogens with one attached hydrogen (secondary N) is 1. The molecule has 2 N–H and O–H groups in total. The van der Waals surface area contributed by atoms with E-state index in [1.54, 1.807) is 4.90 Å². The molecule has 0 aliphatic carbocycles. The number of carbonyl (C=O) groups is 1. The number of rotatable bonds is 6. The summed E-state index contributed by atoms with van der Waals surface area (Å²) in [5.41, 5.74) is 1.05. The molecule has 1 heterocycles. The van der Waals surface area contributed by atoms with E-state index in [0.717, 1.165) is 17.7 Å². The lowest BCUT2D eigenvalue weighted by molar-refractivity contribution is 0.195. The van der Waals surface area contributed by atoms with Gasteiger partial charge in [0.2, 0.25) is 0 Å². The van der Waals surface area contributed by atoms with Gasteiger partial charge in [0.15, 0.2) is 0 Å². The van der Waals surface area contributed by atoms with Gasteiger partial charge in [-0.25, -0.2) is 4.79 Å². The Morgan fingerprint density at radius 2 is 2.04 bits per heavy atom. The van der Waals surface area contributed by atoms with Crippen molar-refractivity contribution in [3.8, 4) is 5.75 Å². The summed E-state index contributed by atoms with van der Waals surface area (Å²) in [7, 11) is 0. The van der Waals surface area contributed by atoms with Crippen LogP contribution in [-0.4, -0.2) is 42.3 Å². The Morgan fingerprint density at radius 3 is 2.61 bits per heavy atom. The van der Waals surface area contributed by atoms with Gasteiger partial charge in [-0.1, -0.05) is 26.0 Å². The van der Waals surface area contributed by atoms with Gasteiger partial charge in [-0.05, 0) is 37.0 Å². The van der Waals surface area contributed by atoms with E-state index < -0.39 is 0 Å². The van der Waals surface area contributed by atoms with Crippen LogP contribution in [0.1, 0.15) is 38.8 Å². The first kappa shape index (κ1) is 17.6. The number of urea groups is 1. The van der Waals surface area contributed by atoms with E-state index >= 15 is 0 Å². The van der Waals surface area contributed by atoms with Crippen LogP contribution in [0.5, 0.6) is 5.75 Å². The lowest BCUT2D eigenvalue weighted by Gasteiger charge is -2.21. The normalized spacial score (nSPS) is 19.0. The van der Waals surface area contributed by atoms with Crippen LogP contribution in [0.4, 0.5) is 4.79 Å². The zero-order chi connectivity index (χ0) is 16.8. The van der Waals surface area contributed by atoms with Crippen molar-refractivity contribution in [1.82, 2.24) is 10.2 Å². The molecule has 0 radical (unpaired) electrons. The second-order valence-corrected chi connectivity index (χ2v) is 6.73. The first-order valence-electron chi connectivity index (χ1n) is 8.38. The van der Waals surface area contributed by atoms with Gasteiger partial charge < -0.3 is 20.1 Å². The second-order valence-electron chi connectivity index (χ2n) is 6.73. The highest BCUT2D eigenvalue weighted by molar-refractivity contribution is 5.75. The van der Waals surface area contributed by atoms with Gasteiger partial charge in [0.25, 0.3) is 0 Å². The standard InChI is InChI=1S/C18H28N2O3/c1-13(2)12-23-17-6-4-16(5-7-17)14(3)19-18(22)20-9-8-15(10-20)11-21/h4-7,13-15,21H,8-12H2,1-3H3,(H,19,22). The van der Waals surface area contributed by atoms with Crippen molar-refractivity contribution in [2.75, 3.05) is 26.3 Å². The lowest BCUT2D eigenvalue weighted by Crippen LogP contribution is -2.39. The molecule has 1 aromatic carbocycles. The lowest BCUT2D eigenvalue weighted by atomic mass is 10.1. The zero-order valence-corrected chi connectivity index (χ0v) is 14.3. The number of benzene rings is 1. The number of nitrogens with zero attached hydrogens (tertiary/aromatic N) is 1. The monoisotopic (exact) mass is 320 g/mol. The van der Waals surface area contributed by atoms with Crippen molar-refractivity contribution in [2.24, 2.45) is 11.8 Å². The van der Waals surface area contributed by atoms with E-state index in [9.17, 15) is 4.79 Å². The minimum absolute atomic E-state index is 0.0603. The third kappa shape index (κ3) is 5.13.